The van der Waals surface area contributed by atoms with E-state index in [1.165, 1.54) is 0 Å². The molecule has 1 fully saturated rings. The minimum absolute atomic E-state index is 0.130. The second kappa shape index (κ2) is 4.82. The lowest BCUT2D eigenvalue weighted by molar-refractivity contribution is -0.126. The van der Waals surface area contributed by atoms with Crippen molar-refractivity contribution in [3.8, 4) is 0 Å². The van der Waals surface area contributed by atoms with Gasteiger partial charge in [-0.25, -0.2) is 4.98 Å². The molecule has 1 aromatic heterocycles. The van der Waals surface area contributed by atoms with Crippen LogP contribution in [-0.4, -0.2) is 20.5 Å². The number of rotatable bonds is 2. The number of aromatic nitrogens is 3. The number of aryl methyl sites for hydroxylation is 1. The first-order valence-electron chi connectivity index (χ1n) is 6.73. The Bertz CT molecular complexity index is 430. The molecule has 0 bridgehead atoms. The molecule has 4 heteroatoms. The number of nitrogens with zero attached hydrogens (tertiary/aromatic N) is 3. The number of carbonyl (C=O) groups excluding carboxylic acids is 1. The second-order valence-electron chi connectivity index (χ2n) is 6.50. The highest BCUT2D eigenvalue weighted by atomic mass is 16.1. The molecule has 0 aromatic carbocycles. The third-order valence-electron chi connectivity index (χ3n) is 4.22. The van der Waals surface area contributed by atoms with Crippen molar-refractivity contribution in [2.75, 3.05) is 0 Å². The molecule has 0 radical (unpaired) electrons. The maximum absolute atomic E-state index is 12.0. The Morgan fingerprint density at radius 1 is 1.44 bits per heavy atom. The summed E-state index contributed by atoms with van der Waals surface area (Å²) in [7, 11) is 1.89. The van der Waals surface area contributed by atoms with Gasteiger partial charge < -0.3 is 0 Å². The molecule has 1 aliphatic rings. The Labute approximate surface area is 109 Å². The molecule has 100 valence electrons. The highest BCUT2D eigenvalue weighted by Gasteiger charge is 2.35. The van der Waals surface area contributed by atoms with Crippen molar-refractivity contribution in [2.24, 2.45) is 24.3 Å². The van der Waals surface area contributed by atoms with Crippen LogP contribution >= 0.6 is 0 Å². The number of Topliss-reactive ketones (excluding diaryl/α,β-unsaturated/α-hetero) is 1. The maximum atomic E-state index is 12.0. The average Bonchev–Trinajstić information content (AvgIpc) is 2.66. The topological polar surface area (TPSA) is 47.8 Å². The fraction of sp³-hybridized carbons (Fsp3) is 0.786. The van der Waals surface area contributed by atoms with Crippen LogP contribution in [0, 0.1) is 17.3 Å². The zero-order valence-corrected chi connectivity index (χ0v) is 11.8. The van der Waals surface area contributed by atoms with Gasteiger partial charge >= 0.3 is 0 Å². The van der Waals surface area contributed by atoms with E-state index in [4.69, 9.17) is 0 Å². The lowest BCUT2D eigenvalue weighted by Gasteiger charge is -2.36. The lowest BCUT2D eigenvalue weighted by Crippen LogP contribution is -2.33. The fourth-order valence-electron chi connectivity index (χ4n) is 2.82. The summed E-state index contributed by atoms with van der Waals surface area (Å²) in [5, 5.41) is 4.07. The highest BCUT2D eigenvalue weighted by Crippen LogP contribution is 2.39. The molecule has 1 heterocycles. The summed E-state index contributed by atoms with van der Waals surface area (Å²) in [5.74, 6) is 2.08. The first-order valence-corrected chi connectivity index (χ1v) is 6.73. The van der Waals surface area contributed by atoms with Crippen LogP contribution in [-0.2, 0) is 18.3 Å². The molecule has 2 unspecified atom stereocenters. The Morgan fingerprint density at radius 2 is 2.17 bits per heavy atom. The summed E-state index contributed by atoms with van der Waals surface area (Å²) in [5.41, 5.74) is 0.291. The fourth-order valence-corrected chi connectivity index (χ4v) is 2.82. The summed E-state index contributed by atoms with van der Waals surface area (Å²) < 4.78 is 1.77. The zero-order valence-electron chi connectivity index (χ0n) is 11.8. The minimum atomic E-state index is 0.130. The van der Waals surface area contributed by atoms with Gasteiger partial charge in [-0.15, -0.1) is 0 Å². The first kappa shape index (κ1) is 13.2. The Balaban J connectivity index is 2.07. The third-order valence-corrected chi connectivity index (χ3v) is 4.22. The molecule has 1 aliphatic carbocycles. The van der Waals surface area contributed by atoms with Crippen LogP contribution in [0.15, 0.2) is 6.33 Å². The predicted molar refractivity (Wildman–Crippen MR) is 70.0 cm³/mol. The van der Waals surface area contributed by atoms with E-state index in [0.717, 1.165) is 31.5 Å². The molecule has 0 aliphatic heterocycles. The molecule has 0 amide bonds. The van der Waals surface area contributed by atoms with E-state index < -0.39 is 0 Å². The van der Waals surface area contributed by atoms with Crippen LogP contribution in [0.2, 0.25) is 0 Å². The van der Waals surface area contributed by atoms with Crippen LogP contribution in [0.5, 0.6) is 0 Å². The Kier molecular flexibility index (Phi) is 3.55. The molecule has 1 saturated carbocycles. The largest absolute Gasteiger partial charge is 0.299 e. The van der Waals surface area contributed by atoms with Crippen LogP contribution in [0.4, 0.5) is 0 Å². The van der Waals surface area contributed by atoms with Crippen molar-refractivity contribution < 1.29 is 4.79 Å². The van der Waals surface area contributed by atoms with Gasteiger partial charge in [-0.2, -0.15) is 5.10 Å². The van der Waals surface area contributed by atoms with Crippen LogP contribution in [0.25, 0.3) is 0 Å². The first-order chi connectivity index (χ1) is 8.38. The molecule has 0 spiro atoms. The van der Waals surface area contributed by atoms with Crippen molar-refractivity contribution >= 4 is 5.78 Å². The minimum Gasteiger partial charge on any atom is -0.299 e. The van der Waals surface area contributed by atoms with Gasteiger partial charge in [-0.3, -0.25) is 9.48 Å². The molecule has 0 N–H and O–H groups in total. The molecular weight excluding hydrogens is 226 g/mol. The summed E-state index contributed by atoms with van der Waals surface area (Å²) in [4.78, 5) is 16.3. The van der Waals surface area contributed by atoms with Gasteiger partial charge in [0.05, 0.1) is 0 Å². The number of ketones is 1. The molecule has 2 atom stereocenters. The second-order valence-corrected chi connectivity index (χ2v) is 6.50. The van der Waals surface area contributed by atoms with Crippen molar-refractivity contribution in [1.29, 1.82) is 0 Å². The van der Waals surface area contributed by atoms with Crippen molar-refractivity contribution in [3.05, 3.63) is 12.2 Å². The van der Waals surface area contributed by atoms with E-state index in [0.29, 0.717) is 17.1 Å². The zero-order chi connectivity index (χ0) is 13.3. The van der Waals surface area contributed by atoms with E-state index >= 15 is 0 Å². The highest BCUT2D eigenvalue weighted by molar-refractivity contribution is 5.81. The normalized spacial score (nSPS) is 25.4. The smallest absolute Gasteiger partial charge is 0.138 e. The van der Waals surface area contributed by atoms with Gasteiger partial charge in [0.2, 0.25) is 0 Å². The lowest BCUT2D eigenvalue weighted by atomic mass is 9.68. The average molecular weight is 249 g/mol. The van der Waals surface area contributed by atoms with E-state index in [2.05, 4.69) is 30.9 Å². The van der Waals surface area contributed by atoms with Gasteiger partial charge in [0, 0.05) is 25.8 Å². The van der Waals surface area contributed by atoms with E-state index in [1.807, 2.05) is 7.05 Å². The quantitative estimate of drug-likeness (QED) is 0.808. The summed E-state index contributed by atoms with van der Waals surface area (Å²) in [6.07, 6.45) is 5.06. The van der Waals surface area contributed by atoms with E-state index in [9.17, 15) is 4.79 Å². The van der Waals surface area contributed by atoms with Crippen LogP contribution in [0.3, 0.4) is 0 Å². The molecule has 2 rings (SSSR count). The van der Waals surface area contributed by atoms with Crippen LogP contribution in [0.1, 0.15) is 45.9 Å². The van der Waals surface area contributed by atoms with Crippen molar-refractivity contribution in [2.45, 2.75) is 46.5 Å². The van der Waals surface area contributed by atoms with Gasteiger partial charge in [0.15, 0.2) is 0 Å². The Hall–Kier alpha value is -1.19. The number of hydrogen-bond donors (Lipinski definition) is 0. The van der Waals surface area contributed by atoms with E-state index in [1.54, 1.807) is 11.0 Å². The predicted octanol–water partition coefficient (Wildman–Crippen LogP) is 2.39. The number of hydrogen-bond acceptors (Lipinski definition) is 3. The Morgan fingerprint density at radius 3 is 2.72 bits per heavy atom. The molecule has 4 nitrogen and oxygen atoms in total. The molecular formula is C14H23N3O. The van der Waals surface area contributed by atoms with Gasteiger partial charge in [0.1, 0.15) is 17.9 Å². The van der Waals surface area contributed by atoms with E-state index in [-0.39, 0.29) is 5.92 Å². The summed E-state index contributed by atoms with van der Waals surface area (Å²) in [6, 6.07) is 0. The van der Waals surface area contributed by atoms with Gasteiger partial charge in [-0.05, 0) is 24.2 Å². The summed E-state index contributed by atoms with van der Waals surface area (Å²) >= 11 is 0. The van der Waals surface area contributed by atoms with Crippen LogP contribution < -0.4 is 0 Å². The third kappa shape index (κ3) is 2.79. The molecule has 18 heavy (non-hydrogen) atoms. The molecule has 0 saturated heterocycles. The van der Waals surface area contributed by atoms with Crippen molar-refractivity contribution in [1.82, 2.24) is 14.8 Å². The number of carbonyl (C=O) groups is 1. The molecule has 1 aromatic rings. The monoisotopic (exact) mass is 249 g/mol. The maximum Gasteiger partial charge on any atom is 0.138 e. The van der Waals surface area contributed by atoms with Gasteiger partial charge in [-0.1, -0.05) is 20.8 Å². The standard InChI is InChI=1S/C14H23N3O/c1-14(2,3)11-5-6-12(18)10(7-11)8-13-15-9-16-17(13)4/h9-11H,5-8H2,1-4H3. The van der Waals surface area contributed by atoms with Gasteiger partial charge in [0.25, 0.3) is 0 Å². The summed E-state index contributed by atoms with van der Waals surface area (Å²) in [6.45, 7) is 6.81. The van der Waals surface area contributed by atoms with Crippen molar-refractivity contribution in [3.63, 3.8) is 0 Å². The SMILES string of the molecule is Cn1ncnc1CC1CC(C(C)(C)C)CCC1=O.